The molecular formula is C15H14FN3O. The summed E-state index contributed by atoms with van der Waals surface area (Å²) in [7, 11) is 0. The topological polar surface area (TPSA) is 53.5 Å². The fraction of sp³-hybridized carbons (Fsp3) is 0.0667. The standard InChI is InChI=1S/C15H14FN3O/c1-11-4-2-3-5-14(11)18-15(20)19-17-10-12-6-8-13(16)9-7-12/h2-10H,1H3,(H2,18,19,20)/b17-10-. The monoisotopic (exact) mass is 271 g/mol. The number of nitrogens with zero attached hydrogens (tertiary/aromatic N) is 1. The quantitative estimate of drug-likeness (QED) is 0.653. The molecule has 20 heavy (non-hydrogen) atoms. The van der Waals surface area contributed by atoms with E-state index in [9.17, 15) is 9.18 Å². The van der Waals surface area contributed by atoms with Crippen LogP contribution >= 0.6 is 0 Å². The summed E-state index contributed by atoms with van der Waals surface area (Å²) in [5, 5.41) is 6.47. The smallest absolute Gasteiger partial charge is 0.306 e. The van der Waals surface area contributed by atoms with Crippen molar-refractivity contribution in [2.75, 3.05) is 5.32 Å². The minimum absolute atomic E-state index is 0.313. The van der Waals surface area contributed by atoms with Crippen LogP contribution in [0.4, 0.5) is 14.9 Å². The van der Waals surface area contributed by atoms with Crippen molar-refractivity contribution in [3.63, 3.8) is 0 Å². The summed E-state index contributed by atoms with van der Waals surface area (Å²) in [6.45, 7) is 1.90. The molecule has 0 heterocycles. The van der Waals surface area contributed by atoms with E-state index in [1.165, 1.54) is 18.3 Å². The van der Waals surface area contributed by atoms with Gasteiger partial charge in [0.15, 0.2) is 0 Å². The first-order valence-electron chi connectivity index (χ1n) is 6.06. The summed E-state index contributed by atoms with van der Waals surface area (Å²) in [5.41, 5.74) is 4.73. The molecule has 0 aliphatic heterocycles. The molecule has 0 spiro atoms. The molecule has 102 valence electrons. The van der Waals surface area contributed by atoms with Crippen molar-refractivity contribution < 1.29 is 9.18 Å². The van der Waals surface area contributed by atoms with Crippen molar-refractivity contribution in [2.24, 2.45) is 5.10 Å². The number of rotatable bonds is 3. The van der Waals surface area contributed by atoms with Gasteiger partial charge in [0.05, 0.1) is 6.21 Å². The highest BCUT2D eigenvalue weighted by Gasteiger charge is 2.01. The van der Waals surface area contributed by atoms with Crippen LogP contribution in [0.3, 0.4) is 0 Å². The van der Waals surface area contributed by atoms with Crippen LogP contribution < -0.4 is 10.7 Å². The van der Waals surface area contributed by atoms with Crippen molar-refractivity contribution in [1.29, 1.82) is 0 Å². The van der Waals surface area contributed by atoms with Crippen LogP contribution in [-0.2, 0) is 0 Å². The molecule has 0 saturated carbocycles. The van der Waals surface area contributed by atoms with Crippen LogP contribution in [0.1, 0.15) is 11.1 Å². The highest BCUT2D eigenvalue weighted by atomic mass is 19.1. The Labute approximate surface area is 116 Å². The number of benzene rings is 2. The van der Waals surface area contributed by atoms with Crippen LogP contribution in [0.5, 0.6) is 0 Å². The molecule has 2 amide bonds. The molecule has 0 atom stereocenters. The molecule has 0 bridgehead atoms. The van der Waals surface area contributed by atoms with E-state index in [-0.39, 0.29) is 5.82 Å². The third-order valence-electron chi connectivity index (χ3n) is 2.64. The zero-order chi connectivity index (χ0) is 14.4. The SMILES string of the molecule is Cc1ccccc1NC(=O)N/N=C\c1ccc(F)cc1. The number of aryl methyl sites for hydroxylation is 1. The van der Waals surface area contributed by atoms with Gasteiger partial charge in [0.1, 0.15) is 5.82 Å². The molecule has 0 radical (unpaired) electrons. The summed E-state index contributed by atoms with van der Waals surface area (Å²) >= 11 is 0. The summed E-state index contributed by atoms with van der Waals surface area (Å²) in [6.07, 6.45) is 1.44. The van der Waals surface area contributed by atoms with Crippen LogP contribution in [0, 0.1) is 12.7 Å². The third-order valence-corrected chi connectivity index (χ3v) is 2.64. The maximum absolute atomic E-state index is 12.7. The van der Waals surface area contributed by atoms with Gasteiger partial charge in [0, 0.05) is 5.69 Å². The van der Waals surface area contributed by atoms with Crippen molar-refractivity contribution in [3.8, 4) is 0 Å². The van der Waals surface area contributed by atoms with Gasteiger partial charge in [-0.05, 0) is 36.2 Å². The molecule has 0 aliphatic carbocycles. The van der Waals surface area contributed by atoms with Gasteiger partial charge in [0.25, 0.3) is 0 Å². The maximum Gasteiger partial charge on any atom is 0.339 e. The minimum atomic E-state index is -0.433. The lowest BCUT2D eigenvalue weighted by molar-refractivity contribution is 0.252. The summed E-state index contributed by atoms with van der Waals surface area (Å²) in [6, 6.07) is 12.8. The number of carbonyl (C=O) groups is 1. The fourth-order valence-electron chi connectivity index (χ4n) is 1.58. The number of hydrazone groups is 1. The number of amides is 2. The van der Waals surface area contributed by atoms with Crippen LogP contribution in [0.2, 0.25) is 0 Å². The Hall–Kier alpha value is -2.69. The number of halogens is 1. The lowest BCUT2D eigenvalue weighted by Gasteiger charge is -2.06. The lowest BCUT2D eigenvalue weighted by Crippen LogP contribution is -2.24. The number of urea groups is 1. The molecule has 0 fully saturated rings. The van der Waals surface area contributed by atoms with E-state index in [0.29, 0.717) is 5.56 Å². The van der Waals surface area contributed by atoms with Gasteiger partial charge >= 0.3 is 6.03 Å². The Bertz CT molecular complexity index is 623. The van der Waals surface area contributed by atoms with Crippen molar-refractivity contribution >= 4 is 17.9 Å². The first-order valence-corrected chi connectivity index (χ1v) is 6.06. The molecule has 0 aliphatic rings. The predicted molar refractivity (Wildman–Crippen MR) is 77.3 cm³/mol. The van der Waals surface area contributed by atoms with E-state index in [0.717, 1.165) is 11.3 Å². The number of para-hydroxylation sites is 1. The van der Waals surface area contributed by atoms with Gasteiger partial charge in [-0.25, -0.2) is 14.6 Å². The molecule has 5 heteroatoms. The molecule has 0 unspecified atom stereocenters. The summed E-state index contributed by atoms with van der Waals surface area (Å²) in [5.74, 6) is -0.313. The second kappa shape index (κ2) is 6.47. The number of hydrogen-bond acceptors (Lipinski definition) is 2. The first kappa shape index (κ1) is 13.7. The number of nitrogens with one attached hydrogen (secondary N) is 2. The number of anilines is 1. The number of hydrogen-bond donors (Lipinski definition) is 2. The summed E-state index contributed by atoms with van der Waals surface area (Å²) in [4.78, 5) is 11.6. The average molecular weight is 271 g/mol. The molecule has 2 rings (SSSR count). The Balaban J connectivity index is 1.89. The third kappa shape index (κ3) is 3.91. The maximum atomic E-state index is 12.7. The zero-order valence-corrected chi connectivity index (χ0v) is 10.9. The Morgan fingerprint density at radius 1 is 1.15 bits per heavy atom. The van der Waals surface area contributed by atoms with Crippen LogP contribution in [0.25, 0.3) is 0 Å². The largest absolute Gasteiger partial charge is 0.339 e. The van der Waals surface area contributed by atoms with Gasteiger partial charge in [-0.15, -0.1) is 0 Å². The normalized spacial score (nSPS) is 10.5. The van der Waals surface area contributed by atoms with E-state index in [4.69, 9.17) is 0 Å². The second-order valence-electron chi connectivity index (χ2n) is 4.19. The van der Waals surface area contributed by atoms with E-state index in [2.05, 4.69) is 15.8 Å². The van der Waals surface area contributed by atoms with Crippen molar-refractivity contribution in [1.82, 2.24) is 5.43 Å². The van der Waals surface area contributed by atoms with Crippen molar-refractivity contribution in [3.05, 3.63) is 65.5 Å². The Morgan fingerprint density at radius 2 is 1.85 bits per heavy atom. The molecule has 2 N–H and O–H groups in total. The van der Waals surface area contributed by atoms with E-state index < -0.39 is 6.03 Å². The molecular weight excluding hydrogens is 257 g/mol. The van der Waals surface area contributed by atoms with Gasteiger partial charge < -0.3 is 5.32 Å². The second-order valence-corrected chi connectivity index (χ2v) is 4.19. The Kier molecular flexibility index (Phi) is 4.44. The zero-order valence-electron chi connectivity index (χ0n) is 10.9. The highest BCUT2D eigenvalue weighted by molar-refractivity contribution is 5.91. The molecule has 0 saturated heterocycles. The van der Waals surface area contributed by atoms with Gasteiger partial charge in [0.2, 0.25) is 0 Å². The molecule has 2 aromatic carbocycles. The number of carbonyl (C=O) groups excluding carboxylic acids is 1. The van der Waals surface area contributed by atoms with Crippen LogP contribution in [-0.4, -0.2) is 12.2 Å². The van der Waals surface area contributed by atoms with E-state index in [1.54, 1.807) is 18.2 Å². The lowest BCUT2D eigenvalue weighted by atomic mass is 10.2. The van der Waals surface area contributed by atoms with Crippen LogP contribution in [0.15, 0.2) is 53.6 Å². The fourth-order valence-corrected chi connectivity index (χ4v) is 1.58. The minimum Gasteiger partial charge on any atom is -0.306 e. The molecule has 2 aromatic rings. The predicted octanol–water partition coefficient (Wildman–Crippen LogP) is 3.29. The van der Waals surface area contributed by atoms with Crippen molar-refractivity contribution in [2.45, 2.75) is 6.92 Å². The Morgan fingerprint density at radius 3 is 2.55 bits per heavy atom. The van der Waals surface area contributed by atoms with E-state index in [1.807, 2.05) is 25.1 Å². The molecule has 4 nitrogen and oxygen atoms in total. The van der Waals surface area contributed by atoms with Gasteiger partial charge in [-0.2, -0.15) is 5.10 Å². The first-order chi connectivity index (χ1) is 9.65. The van der Waals surface area contributed by atoms with Gasteiger partial charge in [-0.1, -0.05) is 30.3 Å². The summed E-state index contributed by atoms with van der Waals surface area (Å²) < 4.78 is 12.7. The highest BCUT2D eigenvalue weighted by Crippen LogP contribution is 2.12. The average Bonchev–Trinajstić information content (AvgIpc) is 2.44. The van der Waals surface area contributed by atoms with E-state index >= 15 is 0 Å². The molecule has 0 aromatic heterocycles. The van der Waals surface area contributed by atoms with Gasteiger partial charge in [-0.3, -0.25) is 0 Å².